The predicted octanol–water partition coefficient (Wildman–Crippen LogP) is 6.73. The van der Waals surface area contributed by atoms with E-state index in [4.69, 9.17) is 4.84 Å². The second-order valence-electron chi connectivity index (χ2n) is 7.67. The van der Waals surface area contributed by atoms with E-state index in [-0.39, 0.29) is 5.82 Å². The van der Waals surface area contributed by atoms with Gasteiger partial charge < -0.3 is 14.5 Å². The van der Waals surface area contributed by atoms with Gasteiger partial charge in [-0.15, -0.1) is 0 Å². The Balaban J connectivity index is 0.000000270. The zero-order chi connectivity index (χ0) is 26.8. The Bertz CT molecular complexity index is 1140. The van der Waals surface area contributed by atoms with Gasteiger partial charge in [0.2, 0.25) is 0 Å². The van der Waals surface area contributed by atoms with Crippen molar-refractivity contribution in [3.05, 3.63) is 106 Å². The lowest BCUT2D eigenvalue weighted by Gasteiger charge is -2.02. The quantitative estimate of drug-likeness (QED) is 0.271. The average Bonchev–Trinajstić information content (AvgIpc) is 2.87. The first kappa shape index (κ1) is 30.0. The largest absolute Gasteiger partial charge is 0.399 e. The highest BCUT2D eigenvalue weighted by Crippen LogP contribution is 2.08. The number of nitrogens with zero attached hydrogens (tertiary/aromatic N) is 3. The molecule has 0 aromatic heterocycles. The van der Waals surface area contributed by atoms with Crippen LogP contribution in [0.5, 0.6) is 0 Å². The molecular weight excluding hydrogens is 457 g/mol. The second kappa shape index (κ2) is 17.4. The maximum absolute atomic E-state index is 12.9. The van der Waals surface area contributed by atoms with Crippen LogP contribution in [0, 0.1) is 19.7 Å². The van der Waals surface area contributed by atoms with Gasteiger partial charge in [0.05, 0.1) is 11.4 Å². The van der Waals surface area contributed by atoms with Crippen LogP contribution in [0.3, 0.4) is 0 Å². The van der Waals surface area contributed by atoms with E-state index in [1.165, 1.54) is 30.5 Å². The van der Waals surface area contributed by atoms with Gasteiger partial charge in [0.25, 0.3) is 0 Å². The Morgan fingerprint density at radius 3 is 2.03 bits per heavy atom. The summed E-state index contributed by atoms with van der Waals surface area (Å²) in [7, 11) is 4.57. The lowest BCUT2D eigenvalue weighted by atomic mass is 10.1. The number of hydrogen-bond donors (Lipinski definition) is 0. The van der Waals surface area contributed by atoms with Crippen LogP contribution in [0.25, 0.3) is 0 Å². The molecule has 0 radical (unpaired) electrons. The molecule has 7 heteroatoms. The molecule has 36 heavy (non-hydrogen) atoms. The Morgan fingerprint density at radius 2 is 1.42 bits per heavy atom. The number of hydrogen-bond acceptors (Lipinski definition) is 6. The first-order valence-corrected chi connectivity index (χ1v) is 11.4. The number of halogens is 1. The molecule has 0 atom stereocenters. The van der Waals surface area contributed by atoms with Gasteiger partial charge in [-0.2, -0.15) is 0 Å². The lowest BCUT2D eigenvalue weighted by Crippen LogP contribution is -1.97. The van der Waals surface area contributed by atoms with E-state index in [1.54, 1.807) is 32.4 Å². The third kappa shape index (κ3) is 11.4. The predicted molar refractivity (Wildman–Crippen MR) is 146 cm³/mol. The summed E-state index contributed by atoms with van der Waals surface area (Å²) in [6, 6.07) is 22.9. The van der Waals surface area contributed by atoms with E-state index in [0.717, 1.165) is 22.6 Å². The Morgan fingerprint density at radius 1 is 0.778 bits per heavy atom. The van der Waals surface area contributed by atoms with Crippen LogP contribution in [0.1, 0.15) is 41.7 Å². The molecule has 3 aromatic rings. The van der Waals surface area contributed by atoms with Crippen LogP contribution in [0.15, 0.2) is 88.3 Å². The topological polar surface area (TPSA) is 64.8 Å². The molecule has 0 aliphatic carbocycles. The molecule has 0 saturated carbocycles. The molecule has 0 aliphatic heterocycles. The van der Waals surface area contributed by atoms with Gasteiger partial charge in [0.1, 0.15) is 27.1 Å². The summed E-state index contributed by atoms with van der Waals surface area (Å²) in [5, 5.41) is 11.2. The van der Waals surface area contributed by atoms with Crippen molar-refractivity contribution in [3.8, 4) is 0 Å². The molecular formula is C29H36FN3O3. The van der Waals surface area contributed by atoms with Crippen LogP contribution in [-0.4, -0.2) is 39.0 Å². The summed E-state index contributed by atoms with van der Waals surface area (Å²) < 4.78 is 12.9. The summed E-state index contributed by atoms with van der Waals surface area (Å²) in [6.45, 7) is 7.98. The van der Waals surface area contributed by atoms with E-state index in [1.807, 2.05) is 44.2 Å². The van der Waals surface area contributed by atoms with Gasteiger partial charge in [0.15, 0.2) is 0 Å². The molecule has 192 valence electrons. The average molecular weight is 494 g/mol. The maximum atomic E-state index is 12.9. The Kier molecular flexibility index (Phi) is 14.5. The standard InChI is InChI=1S/2C10H13NO.C9H10FNO/c1-8-5-4-6-10(7-8)9(2)11-12-3;1-8-6-4-5-7-10(8)9(2)11-12-3;1-12-11-7-6-8-4-2-3-5-9(8)10/h2*4-7H,1-3H3;2-5,7H,6H2,1H3. The van der Waals surface area contributed by atoms with E-state index in [2.05, 4.69) is 57.2 Å². The summed E-state index contributed by atoms with van der Waals surface area (Å²) in [4.78, 5) is 13.8. The van der Waals surface area contributed by atoms with Crippen LogP contribution >= 0.6 is 0 Å². The molecule has 0 spiro atoms. The highest BCUT2D eigenvalue weighted by Gasteiger charge is 2.00. The van der Waals surface area contributed by atoms with Crippen molar-refractivity contribution >= 4 is 17.6 Å². The molecule has 0 unspecified atom stereocenters. The van der Waals surface area contributed by atoms with E-state index < -0.39 is 0 Å². The smallest absolute Gasteiger partial charge is 0.126 e. The van der Waals surface area contributed by atoms with Crippen molar-refractivity contribution < 1.29 is 18.9 Å². The SMILES string of the molecule is CON=C(C)c1cccc(C)c1.CON=C(C)c1ccccc1C.CON=CCc1ccccc1F. The summed E-state index contributed by atoms with van der Waals surface area (Å²) in [5.41, 5.74) is 7.14. The van der Waals surface area contributed by atoms with Gasteiger partial charge in [-0.05, 0) is 50.5 Å². The third-order valence-electron chi connectivity index (χ3n) is 4.88. The highest BCUT2D eigenvalue weighted by atomic mass is 19.1. The van der Waals surface area contributed by atoms with Crippen molar-refractivity contribution in [2.24, 2.45) is 15.5 Å². The van der Waals surface area contributed by atoms with Crippen LogP contribution in [0.2, 0.25) is 0 Å². The van der Waals surface area contributed by atoms with Crippen LogP contribution in [0.4, 0.5) is 4.39 Å². The zero-order valence-corrected chi connectivity index (χ0v) is 22.2. The van der Waals surface area contributed by atoms with Crippen molar-refractivity contribution in [2.45, 2.75) is 34.1 Å². The van der Waals surface area contributed by atoms with E-state index in [9.17, 15) is 4.39 Å². The van der Waals surface area contributed by atoms with Crippen LogP contribution < -0.4 is 0 Å². The molecule has 6 nitrogen and oxygen atoms in total. The fourth-order valence-corrected chi connectivity index (χ4v) is 3.10. The van der Waals surface area contributed by atoms with Crippen molar-refractivity contribution in [3.63, 3.8) is 0 Å². The number of rotatable bonds is 7. The normalized spacial score (nSPS) is 11.1. The van der Waals surface area contributed by atoms with Gasteiger partial charge in [0, 0.05) is 18.2 Å². The first-order valence-electron chi connectivity index (χ1n) is 11.4. The summed E-state index contributed by atoms with van der Waals surface area (Å²) in [6.07, 6.45) is 1.99. The van der Waals surface area contributed by atoms with Gasteiger partial charge in [-0.3, -0.25) is 0 Å². The van der Waals surface area contributed by atoms with Crippen molar-refractivity contribution in [1.82, 2.24) is 0 Å². The van der Waals surface area contributed by atoms with E-state index >= 15 is 0 Å². The number of aryl methyl sites for hydroxylation is 2. The maximum Gasteiger partial charge on any atom is 0.126 e. The number of oxime groups is 3. The highest BCUT2D eigenvalue weighted by molar-refractivity contribution is 5.99. The van der Waals surface area contributed by atoms with Crippen molar-refractivity contribution in [1.29, 1.82) is 0 Å². The van der Waals surface area contributed by atoms with Crippen molar-refractivity contribution in [2.75, 3.05) is 21.3 Å². The molecule has 0 fully saturated rings. The van der Waals surface area contributed by atoms with Crippen LogP contribution in [-0.2, 0) is 20.9 Å². The fraction of sp³-hybridized carbons (Fsp3) is 0.276. The molecule has 0 saturated heterocycles. The summed E-state index contributed by atoms with van der Waals surface area (Å²) >= 11 is 0. The first-order chi connectivity index (χ1) is 17.3. The van der Waals surface area contributed by atoms with Gasteiger partial charge >= 0.3 is 0 Å². The second-order valence-corrected chi connectivity index (χ2v) is 7.67. The minimum Gasteiger partial charge on any atom is -0.399 e. The fourth-order valence-electron chi connectivity index (χ4n) is 3.10. The van der Waals surface area contributed by atoms with Gasteiger partial charge in [-0.25, -0.2) is 4.39 Å². The molecule has 0 aliphatic rings. The minimum absolute atomic E-state index is 0.208. The molecule has 0 N–H and O–H groups in total. The molecule has 3 rings (SSSR count). The third-order valence-corrected chi connectivity index (χ3v) is 4.88. The minimum atomic E-state index is -0.208. The van der Waals surface area contributed by atoms with Gasteiger partial charge in [-0.1, -0.05) is 87.8 Å². The summed E-state index contributed by atoms with van der Waals surface area (Å²) in [5.74, 6) is -0.208. The Hall–Kier alpha value is -4.00. The Labute approximate surface area is 214 Å². The van der Waals surface area contributed by atoms with E-state index in [0.29, 0.717) is 12.0 Å². The number of benzene rings is 3. The monoisotopic (exact) mass is 493 g/mol. The lowest BCUT2D eigenvalue weighted by molar-refractivity contribution is 0.213. The molecule has 0 bridgehead atoms. The zero-order valence-electron chi connectivity index (χ0n) is 22.2. The molecule has 3 aromatic carbocycles. The molecule has 0 amide bonds. The molecule has 0 heterocycles.